The Morgan fingerprint density at radius 2 is 1.85 bits per heavy atom. The number of aromatic nitrogens is 2. The number of carbonyl (C=O) groups excluding carboxylic acids is 2. The van der Waals surface area contributed by atoms with Gasteiger partial charge in [0.25, 0.3) is 0 Å². The predicted molar refractivity (Wildman–Crippen MR) is 99.2 cm³/mol. The number of ether oxygens (including phenoxy) is 2. The third-order valence-electron chi connectivity index (χ3n) is 4.97. The molecule has 0 radical (unpaired) electrons. The number of hydrogen-bond donors (Lipinski definition) is 1. The molecule has 2 aliphatic rings. The molecular weight excluding hydrogens is 348 g/mol. The van der Waals surface area contributed by atoms with Crippen LogP contribution in [0.5, 0.6) is 5.88 Å². The number of hydrogen-bond acceptors (Lipinski definition) is 5. The molecule has 2 amide bonds. The van der Waals surface area contributed by atoms with Crippen molar-refractivity contribution in [1.29, 1.82) is 0 Å². The molecule has 2 fully saturated rings. The zero-order chi connectivity index (χ0) is 20.0. The molecule has 1 aromatic rings. The molecular formula is C19H30N4O4. The summed E-state index contributed by atoms with van der Waals surface area (Å²) in [6.45, 7) is 11.0. The third-order valence-corrected chi connectivity index (χ3v) is 4.97. The largest absolute Gasteiger partial charge is 0.475 e. The fourth-order valence-corrected chi connectivity index (χ4v) is 3.60. The van der Waals surface area contributed by atoms with E-state index in [2.05, 4.69) is 10.4 Å². The number of nitrogens with one attached hydrogen (secondary N) is 1. The van der Waals surface area contributed by atoms with E-state index in [0.717, 1.165) is 0 Å². The number of carbonyl (C=O) groups is 2. The second-order valence-corrected chi connectivity index (χ2v) is 9.19. The van der Waals surface area contributed by atoms with Crippen LogP contribution in [0.25, 0.3) is 0 Å². The summed E-state index contributed by atoms with van der Waals surface area (Å²) >= 11 is 0. The fraction of sp³-hybridized carbons (Fsp3) is 0.737. The molecule has 1 aliphatic heterocycles. The van der Waals surface area contributed by atoms with E-state index in [4.69, 9.17) is 9.47 Å². The van der Waals surface area contributed by atoms with Gasteiger partial charge >= 0.3 is 6.09 Å². The Bertz CT molecular complexity index is 710. The smallest absolute Gasteiger partial charge is 0.410 e. The van der Waals surface area contributed by atoms with Crippen molar-refractivity contribution < 1.29 is 19.1 Å². The van der Waals surface area contributed by atoms with E-state index in [9.17, 15) is 9.59 Å². The van der Waals surface area contributed by atoms with E-state index >= 15 is 0 Å². The van der Waals surface area contributed by atoms with Gasteiger partial charge in [0, 0.05) is 32.1 Å². The van der Waals surface area contributed by atoms with Gasteiger partial charge in [0.15, 0.2) is 0 Å². The van der Waals surface area contributed by atoms with Crippen LogP contribution >= 0.6 is 0 Å². The lowest BCUT2D eigenvalue weighted by Gasteiger charge is -2.28. The van der Waals surface area contributed by atoms with E-state index in [1.165, 1.54) is 0 Å². The van der Waals surface area contributed by atoms with E-state index in [1.807, 2.05) is 41.7 Å². The molecule has 1 aromatic heterocycles. The normalized spacial score (nSPS) is 24.4. The minimum absolute atomic E-state index is 0.0281. The number of aryl methyl sites for hydroxylation is 1. The molecule has 2 heterocycles. The molecule has 0 bridgehead atoms. The van der Waals surface area contributed by atoms with Crippen LogP contribution in [0, 0.1) is 17.8 Å². The maximum Gasteiger partial charge on any atom is 0.410 e. The highest BCUT2D eigenvalue weighted by Gasteiger charge is 2.61. The quantitative estimate of drug-likeness (QED) is 0.844. The molecule has 2 atom stereocenters. The first-order valence-corrected chi connectivity index (χ1v) is 9.38. The van der Waals surface area contributed by atoms with Crippen molar-refractivity contribution in [3.05, 3.63) is 12.3 Å². The van der Waals surface area contributed by atoms with Crippen molar-refractivity contribution in [3.8, 4) is 5.88 Å². The van der Waals surface area contributed by atoms with Gasteiger partial charge in [-0.1, -0.05) is 0 Å². The average Bonchev–Trinajstić information content (AvgIpc) is 2.86. The second-order valence-electron chi connectivity index (χ2n) is 9.19. The highest BCUT2D eigenvalue weighted by molar-refractivity contribution is 5.84. The van der Waals surface area contributed by atoms with E-state index in [-0.39, 0.29) is 29.8 Å². The SMILES string of the molecule is Cn1nccc1OCC(C)(C)NC(=O)C1C2CN(C(=O)OC(C)(C)C)CC21. The number of likely N-dealkylation sites (tertiary alicyclic amines) is 1. The standard InChI is InChI=1S/C19H30N4O4/c1-18(2,3)27-17(25)23-9-12-13(10-23)15(12)16(24)21-19(4,5)11-26-14-7-8-20-22(14)6/h7-8,12-13,15H,9-11H2,1-6H3,(H,21,24). The monoisotopic (exact) mass is 378 g/mol. The van der Waals surface area contributed by atoms with Gasteiger partial charge in [0.2, 0.25) is 11.8 Å². The molecule has 2 unspecified atom stereocenters. The van der Waals surface area contributed by atoms with Crippen LogP contribution < -0.4 is 10.1 Å². The zero-order valence-corrected chi connectivity index (χ0v) is 17.0. The number of amides is 2. The van der Waals surface area contributed by atoms with Crippen molar-refractivity contribution in [1.82, 2.24) is 20.0 Å². The van der Waals surface area contributed by atoms with Crippen molar-refractivity contribution in [3.63, 3.8) is 0 Å². The number of nitrogens with zero attached hydrogens (tertiary/aromatic N) is 3. The van der Waals surface area contributed by atoms with Crippen LogP contribution in [-0.2, 0) is 16.6 Å². The van der Waals surface area contributed by atoms with Gasteiger partial charge in [-0.3, -0.25) is 4.79 Å². The Labute approximate surface area is 160 Å². The molecule has 1 aliphatic carbocycles. The lowest BCUT2D eigenvalue weighted by Crippen LogP contribution is -2.49. The van der Waals surface area contributed by atoms with Gasteiger partial charge in [-0.25, -0.2) is 9.48 Å². The molecule has 8 nitrogen and oxygen atoms in total. The Balaban J connectivity index is 1.45. The van der Waals surface area contributed by atoms with E-state index in [1.54, 1.807) is 21.8 Å². The minimum atomic E-state index is -0.501. The number of fused-ring (bicyclic) bond motifs is 1. The van der Waals surface area contributed by atoms with Crippen LogP contribution in [0.3, 0.4) is 0 Å². The first kappa shape index (κ1) is 19.5. The molecule has 1 saturated carbocycles. The lowest BCUT2D eigenvalue weighted by molar-refractivity contribution is -0.125. The lowest BCUT2D eigenvalue weighted by atomic mass is 10.1. The van der Waals surface area contributed by atoms with Gasteiger partial charge in [-0.15, -0.1) is 0 Å². The van der Waals surface area contributed by atoms with Crippen molar-refractivity contribution in [2.24, 2.45) is 24.8 Å². The van der Waals surface area contributed by atoms with Crippen LogP contribution in [-0.4, -0.2) is 57.5 Å². The highest BCUT2D eigenvalue weighted by Crippen LogP contribution is 2.52. The van der Waals surface area contributed by atoms with Crippen LogP contribution in [0.2, 0.25) is 0 Å². The van der Waals surface area contributed by atoms with Gasteiger partial charge in [0.05, 0.1) is 11.7 Å². The Kier molecular flexibility index (Phi) is 4.86. The molecule has 3 rings (SSSR count). The molecule has 0 aromatic carbocycles. The minimum Gasteiger partial charge on any atom is -0.475 e. The van der Waals surface area contributed by atoms with Crippen LogP contribution in [0.4, 0.5) is 4.79 Å². The summed E-state index contributed by atoms with van der Waals surface area (Å²) in [4.78, 5) is 26.5. The molecule has 0 spiro atoms. The Morgan fingerprint density at radius 1 is 1.22 bits per heavy atom. The van der Waals surface area contributed by atoms with E-state index < -0.39 is 11.1 Å². The molecule has 1 N–H and O–H groups in total. The summed E-state index contributed by atoms with van der Waals surface area (Å²) in [5.74, 6) is 1.12. The summed E-state index contributed by atoms with van der Waals surface area (Å²) in [5, 5.41) is 7.14. The van der Waals surface area contributed by atoms with Crippen molar-refractivity contribution in [2.75, 3.05) is 19.7 Å². The van der Waals surface area contributed by atoms with E-state index in [0.29, 0.717) is 25.6 Å². The summed E-state index contributed by atoms with van der Waals surface area (Å²) in [5.41, 5.74) is -0.998. The van der Waals surface area contributed by atoms with Gasteiger partial charge in [0.1, 0.15) is 12.2 Å². The van der Waals surface area contributed by atoms with Gasteiger partial charge in [-0.2, -0.15) is 5.10 Å². The topological polar surface area (TPSA) is 85.7 Å². The summed E-state index contributed by atoms with van der Waals surface area (Å²) in [6, 6.07) is 1.79. The van der Waals surface area contributed by atoms with Gasteiger partial charge in [-0.05, 0) is 46.5 Å². The van der Waals surface area contributed by atoms with Crippen LogP contribution in [0.1, 0.15) is 34.6 Å². The first-order chi connectivity index (χ1) is 12.5. The number of piperidine rings is 1. The van der Waals surface area contributed by atoms with Crippen molar-refractivity contribution in [2.45, 2.75) is 45.8 Å². The summed E-state index contributed by atoms with van der Waals surface area (Å²) in [6.07, 6.45) is 1.38. The maximum atomic E-state index is 12.6. The average molecular weight is 378 g/mol. The Morgan fingerprint density at radius 3 is 2.37 bits per heavy atom. The van der Waals surface area contributed by atoms with Gasteiger partial charge < -0.3 is 19.7 Å². The fourth-order valence-electron chi connectivity index (χ4n) is 3.60. The maximum absolute atomic E-state index is 12.6. The molecule has 8 heteroatoms. The predicted octanol–water partition coefficient (Wildman–Crippen LogP) is 1.81. The molecule has 27 heavy (non-hydrogen) atoms. The Hall–Kier alpha value is -2.25. The summed E-state index contributed by atoms with van der Waals surface area (Å²) in [7, 11) is 1.81. The number of rotatable bonds is 5. The highest BCUT2D eigenvalue weighted by atomic mass is 16.6. The van der Waals surface area contributed by atoms with Crippen molar-refractivity contribution >= 4 is 12.0 Å². The molecule has 150 valence electrons. The zero-order valence-electron chi connectivity index (χ0n) is 17.0. The van der Waals surface area contributed by atoms with Crippen LogP contribution in [0.15, 0.2) is 12.3 Å². The molecule has 1 saturated heterocycles. The third kappa shape index (κ3) is 4.54. The summed E-state index contributed by atoms with van der Waals surface area (Å²) < 4.78 is 12.8. The first-order valence-electron chi connectivity index (χ1n) is 9.38. The second kappa shape index (κ2) is 6.73.